The number of aliphatic hydroxyl groups excluding tert-OH is 1. The molecule has 6 nitrogen and oxygen atoms in total. The summed E-state index contributed by atoms with van der Waals surface area (Å²) in [5.74, 6) is -4.20. The van der Waals surface area contributed by atoms with Crippen molar-refractivity contribution in [2.45, 2.75) is 6.61 Å². The lowest BCUT2D eigenvalue weighted by atomic mass is 9.90. The first-order chi connectivity index (χ1) is 15.4. The van der Waals surface area contributed by atoms with E-state index in [0.29, 0.717) is 0 Å². The molecule has 1 aromatic heterocycles. The first-order valence-electron chi connectivity index (χ1n) is 9.44. The molecular weight excluding hydrogens is 423 g/mol. The molecule has 0 spiro atoms. The SMILES string of the molecule is O=C1c2ccccc2C(=O)c2c1nnn2-c1cc(F)c(-c2cc(CO)ccc2F)c(F)c1. The normalized spacial score (nSPS) is 12.6. The van der Waals surface area contributed by atoms with Crippen molar-refractivity contribution in [1.29, 1.82) is 0 Å². The van der Waals surface area contributed by atoms with E-state index in [1.54, 1.807) is 12.1 Å². The monoisotopic (exact) mass is 435 g/mol. The molecule has 1 heterocycles. The van der Waals surface area contributed by atoms with Gasteiger partial charge < -0.3 is 5.11 Å². The van der Waals surface area contributed by atoms with Crippen molar-refractivity contribution in [3.8, 4) is 16.8 Å². The molecule has 0 saturated heterocycles. The number of hydrogen-bond acceptors (Lipinski definition) is 5. The van der Waals surface area contributed by atoms with Crippen LogP contribution >= 0.6 is 0 Å². The predicted molar refractivity (Wildman–Crippen MR) is 106 cm³/mol. The smallest absolute Gasteiger partial charge is 0.216 e. The number of carbonyl (C=O) groups excluding carboxylic acids is 2. The van der Waals surface area contributed by atoms with Crippen LogP contribution in [0.15, 0.2) is 54.6 Å². The van der Waals surface area contributed by atoms with E-state index in [2.05, 4.69) is 10.3 Å². The number of nitrogens with zero attached hydrogens (tertiary/aromatic N) is 3. The summed E-state index contributed by atoms with van der Waals surface area (Å²) >= 11 is 0. The first kappa shape index (κ1) is 19.8. The molecule has 0 saturated carbocycles. The van der Waals surface area contributed by atoms with Crippen LogP contribution in [0.1, 0.15) is 37.7 Å². The number of carbonyl (C=O) groups is 2. The van der Waals surface area contributed by atoms with E-state index in [-0.39, 0.29) is 39.3 Å². The molecule has 5 rings (SSSR count). The van der Waals surface area contributed by atoms with Crippen molar-refractivity contribution in [1.82, 2.24) is 15.0 Å². The molecule has 32 heavy (non-hydrogen) atoms. The largest absolute Gasteiger partial charge is 0.392 e. The molecular formula is C23H12F3N3O3. The molecule has 1 aliphatic carbocycles. The third-order valence-corrected chi connectivity index (χ3v) is 5.27. The lowest BCUT2D eigenvalue weighted by Crippen LogP contribution is -2.23. The summed E-state index contributed by atoms with van der Waals surface area (Å²) in [6.45, 7) is -0.433. The van der Waals surface area contributed by atoms with Gasteiger partial charge in [-0.2, -0.15) is 0 Å². The Morgan fingerprint density at radius 1 is 0.812 bits per heavy atom. The van der Waals surface area contributed by atoms with Crippen molar-refractivity contribution in [2.24, 2.45) is 0 Å². The molecule has 4 aromatic rings. The Bertz CT molecular complexity index is 1420. The van der Waals surface area contributed by atoms with Crippen LogP contribution in [0, 0.1) is 17.5 Å². The van der Waals surface area contributed by atoms with Gasteiger partial charge >= 0.3 is 0 Å². The fourth-order valence-corrected chi connectivity index (χ4v) is 3.76. The number of hydrogen-bond donors (Lipinski definition) is 1. The van der Waals surface area contributed by atoms with E-state index < -0.39 is 41.2 Å². The summed E-state index contributed by atoms with van der Waals surface area (Å²) in [7, 11) is 0. The second kappa shape index (κ2) is 7.24. The molecule has 0 atom stereocenters. The zero-order chi connectivity index (χ0) is 22.6. The standard InChI is InChI=1S/C23H12F3N3O3/c24-16-6-5-11(10-30)7-15(16)19-17(25)8-12(9-18(19)26)29-21-20(27-28-29)22(31)13-3-1-2-4-14(13)23(21)32/h1-9,30H,10H2. The van der Waals surface area contributed by atoms with Gasteiger partial charge in [0.05, 0.1) is 17.9 Å². The zero-order valence-electron chi connectivity index (χ0n) is 16.1. The number of benzene rings is 3. The minimum atomic E-state index is -1.12. The van der Waals surface area contributed by atoms with Crippen LogP contribution < -0.4 is 0 Å². The molecule has 1 N–H and O–H groups in total. The van der Waals surface area contributed by atoms with E-state index in [1.165, 1.54) is 18.2 Å². The predicted octanol–water partition coefficient (Wildman–Crippen LogP) is 3.62. The Hall–Kier alpha value is -4.11. The maximum absolute atomic E-state index is 15.0. The van der Waals surface area contributed by atoms with Crippen LogP contribution in [0.5, 0.6) is 0 Å². The molecule has 158 valence electrons. The summed E-state index contributed by atoms with van der Waals surface area (Å²) in [5, 5.41) is 16.8. The highest BCUT2D eigenvalue weighted by molar-refractivity contribution is 6.27. The van der Waals surface area contributed by atoms with E-state index in [0.717, 1.165) is 28.9 Å². The molecule has 3 aromatic carbocycles. The van der Waals surface area contributed by atoms with Gasteiger partial charge in [-0.15, -0.1) is 5.10 Å². The minimum absolute atomic E-state index is 0.133. The van der Waals surface area contributed by atoms with E-state index in [9.17, 15) is 27.9 Å². The summed E-state index contributed by atoms with van der Waals surface area (Å²) in [6, 6.07) is 11.3. The number of halogens is 3. The Balaban J connectivity index is 1.66. The van der Waals surface area contributed by atoms with Crippen LogP contribution in [0.25, 0.3) is 16.8 Å². The molecule has 0 fully saturated rings. The quantitative estimate of drug-likeness (QED) is 0.468. The lowest BCUT2D eigenvalue weighted by Gasteiger charge is -2.15. The highest BCUT2D eigenvalue weighted by atomic mass is 19.1. The van der Waals surface area contributed by atoms with E-state index >= 15 is 0 Å². The van der Waals surface area contributed by atoms with Crippen molar-refractivity contribution in [3.63, 3.8) is 0 Å². The maximum atomic E-state index is 15.0. The van der Waals surface area contributed by atoms with Crippen molar-refractivity contribution >= 4 is 11.6 Å². The van der Waals surface area contributed by atoms with Crippen LogP contribution in [-0.2, 0) is 6.61 Å². The summed E-state index contributed by atoms with van der Waals surface area (Å²) in [5.41, 5.74) is -1.05. The van der Waals surface area contributed by atoms with Crippen molar-refractivity contribution in [2.75, 3.05) is 0 Å². The van der Waals surface area contributed by atoms with Gasteiger partial charge in [0.15, 0.2) is 5.69 Å². The van der Waals surface area contributed by atoms with Gasteiger partial charge in [0.25, 0.3) is 0 Å². The van der Waals surface area contributed by atoms with Gasteiger partial charge in [-0.25, -0.2) is 17.9 Å². The highest BCUT2D eigenvalue weighted by Crippen LogP contribution is 2.33. The number of aromatic nitrogens is 3. The van der Waals surface area contributed by atoms with E-state index in [4.69, 9.17) is 0 Å². The molecule has 0 radical (unpaired) electrons. The maximum Gasteiger partial charge on any atom is 0.216 e. The number of rotatable bonds is 3. The Labute approximate surface area is 178 Å². The van der Waals surface area contributed by atoms with Gasteiger partial charge in [0.1, 0.15) is 23.1 Å². The highest BCUT2D eigenvalue weighted by Gasteiger charge is 2.35. The average Bonchev–Trinajstić information content (AvgIpc) is 3.24. The Kier molecular flexibility index (Phi) is 4.49. The summed E-state index contributed by atoms with van der Waals surface area (Å²) < 4.78 is 45.1. The van der Waals surface area contributed by atoms with Gasteiger partial charge in [0, 0.05) is 28.8 Å². The van der Waals surface area contributed by atoms with Crippen LogP contribution in [0.4, 0.5) is 13.2 Å². The Morgan fingerprint density at radius 2 is 1.47 bits per heavy atom. The van der Waals surface area contributed by atoms with Gasteiger partial charge in [0.2, 0.25) is 11.6 Å². The minimum Gasteiger partial charge on any atom is -0.392 e. The number of aliphatic hydroxyl groups is 1. The van der Waals surface area contributed by atoms with Gasteiger partial charge in [-0.05, 0) is 17.7 Å². The van der Waals surface area contributed by atoms with Crippen molar-refractivity contribution < 1.29 is 27.9 Å². The average molecular weight is 435 g/mol. The van der Waals surface area contributed by atoms with Gasteiger partial charge in [-0.1, -0.05) is 35.5 Å². The second-order valence-electron chi connectivity index (χ2n) is 7.16. The molecule has 9 heteroatoms. The third kappa shape index (κ3) is 2.86. The van der Waals surface area contributed by atoms with E-state index in [1.807, 2.05) is 0 Å². The van der Waals surface area contributed by atoms with Crippen LogP contribution in [0.3, 0.4) is 0 Å². The fraction of sp³-hybridized carbons (Fsp3) is 0.0435. The van der Waals surface area contributed by atoms with Gasteiger partial charge in [-0.3, -0.25) is 9.59 Å². The van der Waals surface area contributed by atoms with Crippen molar-refractivity contribution in [3.05, 3.63) is 100 Å². The van der Waals surface area contributed by atoms with Crippen LogP contribution in [-0.4, -0.2) is 31.7 Å². The number of ketones is 2. The molecule has 1 aliphatic rings. The van der Waals surface area contributed by atoms with Crippen LogP contribution in [0.2, 0.25) is 0 Å². The summed E-state index contributed by atoms with van der Waals surface area (Å²) in [4.78, 5) is 25.7. The lowest BCUT2D eigenvalue weighted by molar-refractivity contribution is 0.0972. The molecule has 0 bridgehead atoms. The fourth-order valence-electron chi connectivity index (χ4n) is 3.76. The molecule has 0 unspecified atom stereocenters. The number of fused-ring (bicyclic) bond motifs is 2. The third-order valence-electron chi connectivity index (χ3n) is 5.27. The topological polar surface area (TPSA) is 85.1 Å². The molecule has 0 amide bonds. The first-order valence-corrected chi connectivity index (χ1v) is 9.44. The Morgan fingerprint density at radius 3 is 2.12 bits per heavy atom. The molecule has 0 aliphatic heterocycles. The second-order valence-corrected chi connectivity index (χ2v) is 7.16. The summed E-state index contributed by atoms with van der Waals surface area (Å²) in [6.07, 6.45) is 0. The zero-order valence-corrected chi connectivity index (χ0v) is 16.1.